The van der Waals surface area contributed by atoms with Crippen LogP contribution in [0.5, 0.6) is 17.2 Å². The fourth-order valence-electron chi connectivity index (χ4n) is 3.31. The van der Waals surface area contributed by atoms with E-state index in [1.807, 2.05) is 0 Å². The molecule has 2 rings (SSSR count). The summed E-state index contributed by atoms with van der Waals surface area (Å²) in [5, 5.41) is 11.5. The maximum atomic E-state index is 11.7. The predicted molar refractivity (Wildman–Crippen MR) is 113 cm³/mol. The number of hydrogen-bond acceptors (Lipinski definition) is 4. The average Bonchev–Trinajstić information content (AvgIpc) is 2.66. The van der Waals surface area contributed by atoms with E-state index in [0.717, 1.165) is 24.8 Å². The van der Waals surface area contributed by atoms with Gasteiger partial charge in [-0.05, 0) is 42.7 Å². The second kappa shape index (κ2) is 14.1. The van der Waals surface area contributed by atoms with Gasteiger partial charge in [0.05, 0.1) is 0 Å². The van der Waals surface area contributed by atoms with E-state index in [9.17, 15) is 18.1 Å². The molecule has 0 unspecified atom stereocenters. The van der Waals surface area contributed by atoms with E-state index >= 15 is 0 Å². The van der Waals surface area contributed by atoms with E-state index < -0.39 is 10.1 Å². The Labute approximate surface area is 202 Å². The van der Waals surface area contributed by atoms with Crippen molar-refractivity contribution >= 4 is 10.1 Å². The molecule has 0 aliphatic carbocycles. The van der Waals surface area contributed by atoms with Crippen LogP contribution in [0.4, 0.5) is 0 Å². The summed E-state index contributed by atoms with van der Waals surface area (Å²) in [6, 6.07) is 10.5. The molecule has 0 aliphatic rings. The zero-order valence-electron chi connectivity index (χ0n) is 18.1. The number of unbranched alkanes of at least 4 members (excludes halogenated alkanes) is 8. The van der Waals surface area contributed by atoms with Crippen molar-refractivity contribution in [3.05, 3.63) is 48.0 Å². The quantitative estimate of drug-likeness (QED) is 0.293. The summed E-state index contributed by atoms with van der Waals surface area (Å²) in [6.07, 6.45) is 11.9. The van der Waals surface area contributed by atoms with Crippen LogP contribution < -0.4 is 39.4 Å². The molecule has 1 N–H and O–H groups in total. The van der Waals surface area contributed by atoms with Gasteiger partial charge < -0.3 is 9.84 Å². The number of ether oxygens (including phenoxy) is 1. The van der Waals surface area contributed by atoms with E-state index in [1.165, 1.54) is 69.2 Å². The van der Waals surface area contributed by atoms with Crippen molar-refractivity contribution in [1.82, 2.24) is 0 Å². The maximum absolute atomic E-state index is 11.7. The Hall–Kier alpha value is -1.05. The molecule has 0 amide bonds. The van der Waals surface area contributed by atoms with Gasteiger partial charge in [0.2, 0.25) is 0 Å². The van der Waals surface area contributed by atoms with Crippen LogP contribution >= 0.6 is 0 Å². The number of benzene rings is 2. The van der Waals surface area contributed by atoms with Gasteiger partial charge in [0.1, 0.15) is 16.4 Å². The molecule has 0 aromatic heterocycles. The Bertz CT molecular complexity index is 868. The van der Waals surface area contributed by atoms with Gasteiger partial charge >= 0.3 is 29.6 Å². The fourth-order valence-corrected chi connectivity index (χ4v) is 3.90. The van der Waals surface area contributed by atoms with Crippen LogP contribution in [-0.2, 0) is 16.5 Å². The van der Waals surface area contributed by atoms with Crippen molar-refractivity contribution < 1.29 is 52.4 Å². The second-order valence-corrected chi connectivity index (χ2v) is 8.80. The Kier molecular flexibility index (Phi) is 12.7. The predicted octanol–water partition coefficient (Wildman–Crippen LogP) is 2.88. The molecule has 0 bridgehead atoms. The zero-order chi connectivity index (χ0) is 21.1. The van der Waals surface area contributed by atoms with Crippen LogP contribution in [0.25, 0.3) is 0 Å². The summed E-state index contributed by atoms with van der Waals surface area (Å²) in [7, 11) is -4.43. The normalized spacial score (nSPS) is 11.1. The van der Waals surface area contributed by atoms with Crippen LogP contribution in [-0.4, -0.2) is 13.0 Å². The number of aryl methyl sites for hydroxylation is 1. The van der Waals surface area contributed by atoms with Gasteiger partial charge in [0.25, 0.3) is 10.1 Å². The average molecular weight is 443 g/mol. The van der Waals surface area contributed by atoms with Crippen LogP contribution in [0.3, 0.4) is 0 Å². The molecule has 0 saturated carbocycles. The molecule has 2 aromatic carbocycles. The van der Waals surface area contributed by atoms with Gasteiger partial charge in [-0.1, -0.05) is 76.5 Å². The first-order chi connectivity index (χ1) is 13.9. The van der Waals surface area contributed by atoms with Gasteiger partial charge in [-0.3, -0.25) is 4.55 Å². The molecule has 0 saturated heterocycles. The zero-order valence-corrected chi connectivity index (χ0v) is 20.9. The molecule has 160 valence electrons. The van der Waals surface area contributed by atoms with Crippen LogP contribution in [0, 0.1) is 0 Å². The Morgan fingerprint density at radius 3 is 2.13 bits per heavy atom. The minimum atomic E-state index is -4.43. The molecule has 7 heteroatoms. The smallest absolute Gasteiger partial charge is 0.872 e. The van der Waals surface area contributed by atoms with Gasteiger partial charge in [0.15, 0.2) is 0 Å². The first kappa shape index (κ1) is 27.0. The standard InChI is InChI=1S/C23H32O5S.Na/c1-2-3-4-5-6-7-8-9-10-12-19-15-16-23(29(25,26)27)22(17-19)28-21-14-11-13-20(24)18-21;/h11,13-18,24H,2-10,12H2,1H3,(H,25,26,27);/q;+1/p-1. The SMILES string of the molecule is CCCCCCCCCCCc1ccc(S(=O)(=O)O)c(Oc2cccc([O-])c2)c1.[Na+]. The molecular formula is C23H31NaO5S. The second-order valence-electron chi connectivity index (χ2n) is 7.41. The third-order valence-electron chi connectivity index (χ3n) is 4.89. The van der Waals surface area contributed by atoms with E-state index in [2.05, 4.69) is 6.92 Å². The van der Waals surface area contributed by atoms with E-state index in [1.54, 1.807) is 18.2 Å². The van der Waals surface area contributed by atoms with Crippen molar-refractivity contribution in [3.63, 3.8) is 0 Å². The molecule has 0 spiro atoms. The Morgan fingerprint density at radius 2 is 1.53 bits per heavy atom. The minimum Gasteiger partial charge on any atom is -0.872 e. The van der Waals surface area contributed by atoms with Crippen molar-refractivity contribution in [2.24, 2.45) is 0 Å². The summed E-state index contributed by atoms with van der Waals surface area (Å²) in [5.74, 6) is 0.0379. The topological polar surface area (TPSA) is 86.7 Å². The third-order valence-corrected chi connectivity index (χ3v) is 5.78. The summed E-state index contributed by atoms with van der Waals surface area (Å²) in [6.45, 7) is 2.22. The van der Waals surface area contributed by atoms with Crippen molar-refractivity contribution in [1.29, 1.82) is 0 Å². The van der Waals surface area contributed by atoms with Gasteiger partial charge in [-0.25, -0.2) is 0 Å². The Balaban J connectivity index is 0.00000450. The summed E-state index contributed by atoms with van der Waals surface area (Å²) < 4.78 is 38.4. The molecule has 5 nitrogen and oxygen atoms in total. The molecule has 0 heterocycles. The molecule has 0 fully saturated rings. The van der Waals surface area contributed by atoms with E-state index in [-0.39, 0.29) is 51.7 Å². The van der Waals surface area contributed by atoms with Crippen molar-refractivity contribution in [2.45, 2.75) is 76.0 Å². The Morgan fingerprint density at radius 1 is 0.900 bits per heavy atom. The summed E-state index contributed by atoms with van der Waals surface area (Å²) >= 11 is 0. The van der Waals surface area contributed by atoms with Crippen molar-refractivity contribution in [3.8, 4) is 17.2 Å². The molecule has 2 aromatic rings. The first-order valence-corrected chi connectivity index (χ1v) is 11.9. The molecule has 30 heavy (non-hydrogen) atoms. The summed E-state index contributed by atoms with van der Waals surface area (Å²) in [5.41, 5.74) is 0.939. The van der Waals surface area contributed by atoms with E-state index in [0.29, 0.717) is 0 Å². The molecular weight excluding hydrogens is 411 g/mol. The summed E-state index contributed by atoms with van der Waals surface area (Å²) in [4.78, 5) is -0.301. The van der Waals surface area contributed by atoms with E-state index in [4.69, 9.17) is 4.74 Å². The third kappa shape index (κ3) is 9.84. The van der Waals surface area contributed by atoms with Crippen LogP contribution in [0.15, 0.2) is 47.4 Å². The van der Waals surface area contributed by atoms with Crippen LogP contribution in [0.1, 0.15) is 70.3 Å². The molecule has 0 radical (unpaired) electrons. The van der Waals surface area contributed by atoms with Gasteiger partial charge in [0, 0.05) is 0 Å². The largest absolute Gasteiger partial charge is 1.00 e. The van der Waals surface area contributed by atoms with Gasteiger partial charge in [-0.2, -0.15) is 8.42 Å². The molecule has 0 atom stereocenters. The minimum absolute atomic E-state index is 0. The number of rotatable bonds is 13. The van der Waals surface area contributed by atoms with Crippen LogP contribution in [0.2, 0.25) is 0 Å². The first-order valence-electron chi connectivity index (χ1n) is 10.5. The number of hydrogen-bond donors (Lipinski definition) is 1. The van der Waals surface area contributed by atoms with Gasteiger partial charge in [-0.15, -0.1) is 5.75 Å². The molecule has 0 aliphatic heterocycles. The monoisotopic (exact) mass is 442 g/mol. The van der Waals surface area contributed by atoms with Crippen molar-refractivity contribution in [2.75, 3.05) is 0 Å². The fraction of sp³-hybridized carbons (Fsp3) is 0.478. The maximum Gasteiger partial charge on any atom is 1.00 e.